The Labute approximate surface area is 160 Å². The minimum atomic E-state index is 0. The van der Waals surface area contributed by atoms with Crippen molar-refractivity contribution < 1.29 is 4.74 Å². The Kier molecular flexibility index (Phi) is 9.06. The zero-order chi connectivity index (χ0) is 15.9. The van der Waals surface area contributed by atoms with Gasteiger partial charge in [0.2, 0.25) is 0 Å². The number of rotatable bonds is 7. The average molecular weight is 380 g/mol. The molecule has 25 heavy (non-hydrogen) atoms. The first-order valence-corrected chi connectivity index (χ1v) is 7.84. The lowest BCUT2D eigenvalue weighted by Gasteiger charge is -2.12. The second-order valence-electron chi connectivity index (χ2n) is 5.38. The van der Waals surface area contributed by atoms with Gasteiger partial charge in [0.1, 0.15) is 12.4 Å². The molecule has 2 N–H and O–H groups in total. The molecule has 3 rings (SSSR count). The van der Waals surface area contributed by atoms with Crippen LogP contribution >= 0.6 is 24.8 Å². The first-order valence-electron chi connectivity index (χ1n) is 7.84. The summed E-state index contributed by atoms with van der Waals surface area (Å²) in [6, 6.07) is 16.6. The molecule has 3 aromatic rings. The number of imidazole rings is 1. The number of nitrogens with two attached hydrogens (primary N) is 1. The van der Waals surface area contributed by atoms with Gasteiger partial charge >= 0.3 is 0 Å². The van der Waals surface area contributed by atoms with Crippen molar-refractivity contribution in [3.8, 4) is 16.9 Å². The maximum Gasteiger partial charge on any atom is 0.127 e. The molecule has 0 amide bonds. The third-order valence-corrected chi connectivity index (χ3v) is 3.75. The van der Waals surface area contributed by atoms with E-state index in [0.717, 1.165) is 29.8 Å². The van der Waals surface area contributed by atoms with E-state index in [1.807, 2.05) is 29.0 Å². The lowest BCUT2D eigenvalue weighted by atomic mass is 10.0. The van der Waals surface area contributed by atoms with Gasteiger partial charge in [-0.15, -0.1) is 24.8 Å². The first kappa shape index (κ1) is 21.0. The SMILES string of the molecule is Cl.Cl.NCCc1ccc(-c2ccccc2OCCn2ccnc2)cc1. The second kappa shape index (κ2) is 10.8. The van der Waals surface area contributed by atoms with E-state index in [2.05, 4.69) is 35.3 Å². The standard InChI is InChI=1S/C19H21N3O.2ClH/c20-10-9-16-5-7-17(8-6-16)18-3-1-2-4-19(18)23-14-13-22-12-11-21-15-22;;/h1-8,11-12,15H,9-10,13-14,20H2;2*1H. The largest absolute Gasteiger partial charge is 0.491 e. The van der Waals surface area contributed by atoms with Crippen LogP contribution in [0.4, 0.5) is 0 Å². The molecule has 0 saturated carbocycles. The van der Waals surface area contributed by atoms with Crippen LogP contribution in [0, 0.1) is 0 Å². The van der Waals surface area contributed by atoms with Crippen molar-refractivity contribution in [2.75, 3.05) is 13.2 Å². The number of nitrogens with zero attached hydrogens (tertiary/aromatic N) is 2. The van der Waals surface area contributed by atoms with Crippen LogP contribution in [0.3, 0.4) is 0 Å². The van der Waals surface area contributed by atoms with Gasteiger partial charge in [-0.1, -0.05) is 42.5 Å². The molecule has 0 unspecified atom stereocenters. The maximum atomic E-state index is 5.97. The van der Waals surface area contributed by atoms with Gasteiger partial charge in [0.05, 0.1) is 12.9 Å². The first-order chi connectivity index (χ1) is 11.4. The van der Waals surface area contributed by atoms with Crippen molar-refractivity contribution in [3.05, 3.63) is 72.8 Å². The average Bonchev–Trinajstić information content (AvgIpc) is 3.10. The monoisotopic (exact) mass is 379 g/mol. The number of ether oxygens (including phenoxy) is 1. The van der Waals surface area contributed by atoms with E-state index in [1.54, 1.807) is 12.5 Å². The van der Waals surface area contributed by atoms with E-state index in [4.69, 9.17) is 10.5 Å². The molecule has 2 aromatic carbocycles. The Morgan fingerprint density at radius 2 is 1.76 bits per heavy atom. The lowest BCUT2D eigenvalue weighted by Crippen LogP contribution is -2.07. The molecule has 134 valence electrons. The summed E-state index contributed by atoms with van der Waals surface area (Å²) in [7, 11) is 0. The molecule has 4 nitrogen and oxygen atoms in total. The van der Waals surface area contributed by atoms with E-state index in [9.17, 15) is 0 Å². The number of halogens is 2. The third-order valence-electron chi connectivity index (χ3n) is 3.75. The van der Waals surface area contributed by atoms with Crippen molar-refractivity contribution in [3.63, 3.8) is 0 Å². The molecular formula is C19H23Cl2N3O. The smallest absolute Gasteiger partial charge is 0.127 e. The highest BCUT2D eigenvalue weighted by molar-refractivity contribution is 5.85. The molecule has 6 heteroatoms. The van der Waals surface area contributed by atoms with Crippen LogP contribution in [-0.2, 0) is 13.0 Å². The highest BCUT2D eigenvalue weighted by atomic mass is 35.5. The quantitative estimate of drug-likeness (QED) is 0.675. The van der Waals surface area contributed by atoms with Crippen LogP contribution in [-0.4, -0.2) is 22.7 Å². The van der Waals surface area contributed by atoms with Crippen molar-refractivity contribution in [1.29, 1.82) is 0 Å². The van der Waals surface area contributed by atoms with Gasteiger partial charge in [-0.2, -0.15) is 0 Å². The Balaban J connectivity index is 0.00000156. The predicted octanol–water partition coefficient (Wildman–Crippen LogP) is 3.97. The molecule has 0 radical (unpaired) electrons. The molecule has 0 bridgehead atoms. The van der Waals surface area contributed by atoms with Gasteiger partial charge in [-0.05, 0) is 30.2 Å². The van der Waals surface area contributed by atoms with Gasteiger partial charge in [0.25, 0.3) is 0 Å². The van der Waals surface area contributed by atoms with Crippen LogP contribution in [0.15, 0.2) is 67.3 Å². The fourth-order valence-electron chi connectivity index (χ4n) is 2.53. The van der Waals surface area contributed by atoms with E-state index in [1.165, 1.54) is 5.56 Å². The molecule has 0 spiro atoms. The second-order valence-corrected chi connectivity index (χ2v) is 5.38. The normalized spacial score (nSPS) is 9.80. The molecule has 0 atom stereocenters. The Morgan fingerprint density at radius 1 is 1.00 bits per heavy atom. The molecule has 1 heterocycles. The van der Waals surface area contributed by atoms with E-state index in [0.29, 0.717) is 13.2 Å². The highest BCUT2D eigenvalue weighted by Crippen LogP contribution is 2.30. The third kappa shape index (κ3) is 5.78. The summed E-state index contributed by atoms with van der Waals surface area (Å²) in [4.78, 5) is 4.03. The summed E-state index contributed by atoms with van der Waals surface area (Å²) in [5.41, 5.74) is 9.13. The van der Waals surface area contributed by atoms with Crippen molar-refractivity contribution in [1.82, 2.24) is 9.55 Å². The topological polar surface area (TPSA) is 53.1 Å². The molecule has 0 saturated heterocycles. The zero-order valence-corrected chi connectivity index (χ0v) is 15.5. The van der Waals surface area contributed by atoms with Gasteiger partial charge in [-0.3, -0.25) is 0 Å². The summed E-state index contributed by atoms with van der Waals surface area (Å²) in [5, 5.41) is 0. The molecule has 1 aromatic heterocycles. The lowest BCUT2D eigenvalue weighted by molar-refractivity contribution is 0.299. The summed E-state index contributed by atoms with van der Waals surface area (Å²) >= 11 is 0. The Morgan fingerprint density at radius 3 is 2.44 bits per heavy atom. The van der Waals surface area contributed by atoms with Crippen LogP contribution in [0.1, 0.15) is 5.56 Å². The van der Waals surface area contributed by atoms with E-state index < -0.39 is 0 Å². The van der Waals surface area contributed by atoms with Crippen molar-refractivity contribution in [2.45, 2.75) is 13.0 Å². The van der Waals surface area contributed by atoms with Gasteiger partial charge in [0.15, 0.2) is 0 Å². The number of hydrogen-bond donors (Lipinski definition) is 1. The summed E-state index contributed by atoms with van der Waals surface area (Å²) < 4.78 is 7.98. The molecule has 0 aliphatic carbocycles. The number of benzene rings is 2. The number of hydrogen-bond acceptors (Lipinski definition) is 3. The number of para-hydroxylation sites is 1. The summed E-state index contributed by atoms with van der Waals surface area (Å²) in [6.45, 7) is 2.07. The van der Waals surface area contributed by atoms with Gasteiger partial charge in [0, 0.05) is 18.0 Å². The summed E-state index contributed by atoms with van der Waals surface area (Å²) in [5.74, 6) is 0.902. The maximum absolute atomic E-state index is 5.97. The molecular weight excluding hydrogens is 357 g/mol. The van der Waals surface area contributed by atoms with Crippen LogP contribution in [0.25, 0.3) is 11.1 Å². The van der Waals surface area contributed by atoms with E-state index >= 15 is 0 Å². The zero-order valence-electron chi connectivity index (χ0n) is 13.9. The Hall–Kier alpha value is -2.01. The minimum Gasteiger partial charge on any atom is -0.491 e. The van der Waals surface area contributed by atoms with Crippen LogP contribution in [0.5, 0.6) is 5.75 Å². The Bertz CT molecular complexity index is 731. The summed E-state index contributed by atoms with van der Waals surface area (Å²) in [6.07, 6.45) is 6.41. The van der Waals surface area contributed by atoms with Crippen molar-refractivity contribution >= 4 is 24.8 Å². The molecule has 0 aliphatic rings. The highest BCUT2D eigenvalue weighted by Gasteiger charge is 2.06. The molecule has 0 aliphatic heterocycles. The minimum absolute atomic E-state index is 0. The van der Waals surface area contributed by atoms with E-state index in [-0.39, 0.29) is 24.8 Å². The van der Waals surface area contributed by atoms with Crippen LogP contribution in [0.2, 0.25) is 0 Å². The molecule has 0 fully saturated rings. The fourth-order valence-corrected chi connectivity index (χ4v) is 2.53. The van der Waals surface area contributed by atoms with Crippen molar-refractivity contribution in [2.24, 2.45) is 5.73 Å². The van der Waals surface area contributed by atoms with Gasteiger partial charge in [-0.25, -0.2) is 4.98 Å². The fraction of sp³-hybridized carbons (Fsp3) is 0.211. The predicted molar refractivity (Wildman–Crippen MR) is 107 cm³/mol. The van der Waals surface area contributed by atoms with Crippen LogP contribution < -0.4 is 10.5 Å². The number of aromatic nitrogens is 2. The van der Waals surface area contributed by atoms with Gasteiger partial charge < -0.3 is 15.0 Å².